The molecule has 0 unspecified atom stereocenters. The molecule has 0 saturated heterocycles. The molecule has 2 aromatic heterocycles. The molecule has 2 N–H and O–H groups in total. The number of carbonyl (C=O) groups excluding carboxylic acids is 1. The number of aromatic amines is 1. The van der Waals surface area contributed by atoms with Gasteiger partial charge in [-0.25, -0.2) is 4.98 Å². The van der Waals surface area contributed by atoms with Crippen LogP contribution in [0.25, 0.3) is 11.0 Å². The maximum absolute atomic E-state index is 12.6. The van der Waals surface area contributed by atoms with Crippen molar-refractivity contribution in [1.82, 2.24) is 14.5 Å². The Morgan fingerprint density at radius 3 is 3.00 bits per heavy atom. The van der Waals surface area contributed by atoms with Crippen LogP contribution in [0.4, 0.5) is 5.69 Å². The van der Waals surface area contributed by atoms with E-state index in [1.165, 1.54) is 0 Å². The number of nitrogens with zero attached hydrogens (tertiary/aromatic N) is 2. The van der Waals surface area contributed by atoms with Crippen molar-refractivity contribution in [2.24, 2.45) is 0 Å². The Morgan fingerprint density at radius 1 is 1.41 bits per heavy atom. The zero-order valence-corrected chi connectivity index (χ0v) is 13.1. The quantitative estimate of drug-likeness (QED) is 0.734. The molecular formula is C16H18N4OS. The molecule has 1 aromatic carbocycles. The van der Waals surface area contributed by atoms with Crippen LogP contribution in [0.5, 0.6) is 0 Å². The summed E-state index contributed by atoms with van der Waals surface area (Å²) in [4.78, 5) is 19.9. The minimum absolute atomic E-state index is 0.00381. The van der Waals surface area contributed by atoms with E-state index >= 15 is 0 Å². The second kappa shape index (κ2) is 6.70. The lowest BCUT2D eigenvalue weighted by atomic mass is 10.2. The maximum Gasteiger partial charge on any atom is 0.247 e. The molecule has 0 aliphatic rings. The number of imidazole rings is 1. The number of hydrogen-bond donors (Lipinski definition) is 2. The second-order valence-electron chi connectivity index (χ2n) is 5.05. The summed E-state index contributed by atoms with van der Waals surface area (Å²) < 4.78 is 1.96. The summed E-state index contributed by atoms with van der Waals surface area (Å²) >= 11 is 1.75. The van der Waals surface area contributed by atoms with E-state index in [9.17, 15) is 4.79 Å². The predicted octanol–water partition coefficient (Wildman–Crippen LogP) is 3.30. The van der Waals surface area contributed by atoms with Gasteiger partial charge in [0.25, 0.3) is 0 Å². The first-order valence-corrected chi connectivity index (χ1v) is 8.52. The number of nitrogens with one attached hydrogen (secondary N) is 2. The van der Waals surface area contributed by atoms with Crippen LogP contribution in [-0.2, 0) is 4.79 Å². The Hall–Kier alpha value is -2.21. The molecule has 3 rings (SSSR count). The highest BCUT2D eigenvalue weighted by atomic mass is 32.2. The van der Waals surface area contributed by atoms with Crippen molar-refractivity contribution in [1.29, 1.82) is 0 Å². The summed E-state index contributed by atoms with van der Waals surface area (Å²) in [5.74, 6) is 0.944. The van der Waals surface area contributed by atoms with Gasteiger partial charge in [-0.15, -0.1) is 0 Å². The van der Waals surface area contributed by atoms with Gasteiger partial charge < -0.3 is 14.9 Å². The van der Waals surface area contributed by atoms with E-state index in [-0.39, 0.29) is 11.9 Å². The molecule has 0 spiro atoms. The average Bonchev–Trinajstić information content (AvgIpc) is 3.18. The number of hydrogen-bond acceptors (Lipinski definition) is 3. The lowest BCUT2D eigenvalue weighted by Crippen LogP contribution is -2.25. The van der Waals surface area contributed by atoms with Gasteiger partial charge in [-0.1, -0.05) is 0 Å². The van der Waals surface area contributed by atoms with Crippen molar-refractivity contribution in [2.75, 3.05) is 17.3 Å². The summed E-state index contributed by atoms with van der Waals surface area (Å²) in [7, 11) is 0. The molecule has 0 fully saturated rings. The van der Waals surface area contributed by atoms with Crippen molar-refractivity contribution < 1.29 is 4.79 Å². The number of aromatic nitrogens is 3. The fourth-order valence-electron chi connectivity index (χ4n) is 2.44. The molecule has 0 bridgehead atoms. The third kappa shape index (κ3) is 3.17. The first-order chi connectivity index (χ1) is 10.8. The zero-order valence-electron chi connectivity index (χ0n) is 12.3. The summed E-state index contributed by atoms with van der Waals surface area (Å²) in [5.41, 5.74) is 2.59. The van der Waals surface area contributed by atoms with Crippen LogP contribution >= 0.6 is 11.8 Å². The lowest BCUT2D eigenvalue weighted by molar-refractivity contribution is -0.119. The summed E-state index contributed by atoms with van der Waals surface area (Å²) in [6.07, 6.45) is 8.37. The molecule has 0 saturated carbocycles. The Morgan fingerprint density at radius 2 is 2.23 bits per heavy atom. The molecule has 6 heteroatoms. The van der Waals surface area contributed by atoms with E-state index in [0.717, 1.165) is 28.9 Å². The fraction of sp³-hybridized carbons (Fsp3) is 0.250. The highest BCUT2D eigenvalue weighted by Crippen LogP contribution is 2.20. The predicted molar refractivity (Wildman–Crippen MR) is 91.2 cm³/mol. The minimum atomic E-state index is -0.195. The number of carbonyl (C=O) groups is 1. The highest BCUT2D eigenvalue weighted by molar-refractivity contribution is 7.98. The van der Waals surface area contributed by atoms with E-state index in [0.29, 0.717) is 0 Å². The van der Waals surface area contributed by atoms with Crippen molar-refractivity contribution >= 4 is 34.4 Å². The highest BCUT2D eigenvalue weighted by Gasteiger charge is 2.19. The van der Waals surface area contributed by atoms with Crippen molar-refractivity contribution in [3.63, 3.8) is 0 Å². The maximum atomic E-state index is 12.6. The Bertz CT molecular complexity index is 750. The molecule has 0 aliphatic heterocycles. The summed E-state index contributed by atoms with van der Waals surface area (Å²) in [6.45, 7) is 0. The molecule has 22 heavy (non-hydrogen) atoms. The van der Waals surface area contributed by atoms with E-state index in [2.05, 4.69) is 21.5 Å². The summed E-state index contributed by atoms with van der Waals surface area (Å²) in [5, 5.41) is 3.00. The SMILES string of the molecule is CSCC[C@H](C(=O)Nc1ccc2nc[nH]c2c1)n1cccc1. The molecular weight excluding hydrogens is 296 g/mol. The van der Waals surface area contributed by atoms with Gasteiger partial charge in [0, 0.05) is 18.1 Å². The second-order valence-corrected chi connectivity index (χ2v) is 6.04. The third-order valence-corrected chi connectivity index (χ3v) is 4.22. The standard InChI is InChI=1S/C16H18N4OS/c1-22-9-6-15(20-7-2-3-8-20)16(21)19-12-4-5-13-14(10-12)18-11-17-13/h2-5,7-8,10-11,15H,6,9H2,1H3,(H,17,18)(H,19,21)/t15-/m1/s1. The first-order valence-electron chi connectivity index (χ1n) is 7.13. The molecule has 1 amide bonds. The molecule has 2 heterocycles. The van der Waals surface area contributed by atoms with Gasteiger partial charge in [0.15, 0.2) is 0 Å². The van der Waals surface area contributed by atoms with Gasteiger partial charge in [0.05, 0.1) is 17.4 Å². The number of benzene rings is 1. The van der Waals surface area contributed by atoms with Crippen LogP contribution < -0.4 is 5.32 Å². The number of fused-ring (bicyclic) bond motifs is 1. The van der Waals surface area contributed by atoms with E-state index in [1.54, 1.807) is 18.1 Å². The average molecular weight is 314 g/mol. The third-order valence-electron chi connectivity index (χ3n) is 3.57. The largest absolute Gasteiger partial charge is 0.345 e. The molecule has 0 radical (unpaired) electrons. The van der Waals surface area contributed by atoms with Crippen LogP contribution in [0, 0.1) is 0 Å². The van der Waals surface area contributed by atoms with Gasteiger partial charge in [-0.2, -0.15) is 11.8 Å². The molecule has 0 aliphatic carbocycles. The summed E-state index contributed by atoms with van der Waals surface area (Å²) in [6, 6.07) is 9.36. The van der Waals surface area contributed by atoms with Crippen LogP contribution in [0.3, 0.4) is 0 Å². The molecule has 114 valence electrons. The van der Waals surface area contributed by atoms with E-state index in [1.807, 2.05) is 47.3 Å². The first kappa shape index (κ1) is 14.7. The van der Waals surface area contributed by atoms with E-state index in [4.69, 9.17) is 0 Å². The van der Waals surface area contributed by atoms with E-state index < -0.39 is 0 Å². The lowest BCUT2D eigenvalue weighted by Gasteiger charge is -2.18. The van der Waals surface area contributed by atoms with Crippen LogP contribution in [-0.4, -0.2) is 32.5 Å². The van der Waals surface area contributed by atoms with Crippen LogP contribution in [0.15, 0.2) is 49.1 Å². The van der Waals surface area contributed by atoms with Gasteiger partial charge in [0.2, 0.25) is 5.91 Å². The molecule has 1 atom stereocenters. The van der Waals surface area contributed by atoms with Crippen molar-refractivity contribution in [3.8, 4) is 0 Å². The van der Waals surface area contributed by atoms with Crippen LogP contribution in [0.1, 0.15) is 12.5 Å². The monoisotopic (exact) mass is 314 g/mol. The normalized spacial score (nSPS) is 12.4. The Kier molecular flexibility index (Phi) is 4.48. The molecule has 3 aromatic rings. The van der Waals surface area contributed by atoms with Crippen molar-refractivity contribution in [2.45, 2.75) is 12.5 Å². The number of H-pyrrole nitrogens is 1. The Labute approximate surface area is 133 Å². The topological polar surface area (TPSA) is 62.7 Å². The van der Waals surface area contributed by atoms with Gasteiger partial charge >= 0.3 is 0 Å². The molecule has 5 nitrogen and oxygen atoms in total. The number of rotatable bonds is 6. The number of anilines is 1. The number of amides is 1. The fourth-order valence-corrected chi connectivity index (χ4v) is 2.90. The zero-order chi connectivity index (χ0) is 15.4. The van der Waals surface area contributed by atoms with Gasteiger partial charge in [-0.3, -0.25) is 4.79 Å². The minimum Gasteiger partial charge on any atom is -0.345 e. The van der Waals surface area contributed by atoms with Gasteiger partial charge in [-0.05, 0) is 48.8 Å². The Balaban J connectivity index is 1.77. The number of thioether (sulfide) groups is 1. The van der Waals surface area contributed by atoms with Gasteiger partial charge in [0.1, 0.15) is 6.04 Å². The van der Waals surface area contributed by atoms with Crippen molar-refractivity contribution in [3.05, 3.63) is 49.1 Å². The van der Waals surface area contributed by atoms with Crippen LogP contribution in [0.2, 0.25) is 0 Å². The smallest absolute Gasteiger partial charge is 0.247 e.